The third-order valence-electron chi connectivity index (χ3n) is 1.95. The van der Waals surface area contributed by atoms with Gasteiger partial charge in [-0.2, -0.15) is 0 Å². The van der Waals surface area contributed by atoms with Gasteiger partial charge in [0.2, 0.25) is 17.6 Å². The molecule has 0 aliphatic carbocycles. The highest BCUT2D eigenvalue weighted by atomic mass is 32.2. The van der Waals surface area contributed by atoms with Crippen LogP contribution in [0.2, 0.25) is 0 Å². The van der Waals surface area contributed by atoms with Crippen LogP contribution in [0.1, 0.15) is 10.6 Å². The Labute approximate surface area is 112 Å². The van der Waals surface area contributed by atoms with Crippen LogP contribution in [0.5, 0.6) is 0 Å². The van der Waals surface area contributed by atoms with Crippen molar-refractivity contribution in [2.45, 2.75) is 5.09 Å². The number of aromatic nitrogens is 2. The molecule has 0 aliphatic heterocycles. The van der Waals surface area contributed by atoms with Gasteiger partial charge in [-0.15, -0.1) is 0 Å². The average Bonchev–Trinajstić information content (AvgIpc) is 2.86. The number of carboxylic acids is 1. The number of nitrogens with one attached hydrogen (secondary N) is 1. The van der Waals surface area contributed by atoms with E-state index in [1.165, 1.54) is 24.5 Å². The minimum absolute atomic E-state index is 0.0742. The van der Waals surface area contributed by atoms with Crippen LogP contribution >= 0.6 is 11.8 Å². The summed E-state index contributed by atoms with van der Waals surface area (Å²) in [5, 5.41) is 11.5. The van der Waals surface area contributed by atoms with Crippen LogP contribution in [0, 0.1) is 0 Å². The summed E-state index contributed by atoms with van der Waals surface area (Å²) in [6, 6.07) is 4.48. The number of nitrogens with zero attached hydrogens (tertiary/aromatic N) is 2. The van der Waals surface area contributed by atoms with Crippen molar-refractivity contribution in [3.63, 3.8) is 0 Å². The van der Waals surface area contributed by atoms with Gasteiger partial charge in [-0.25, -0.2) is 14.8 Å². The molecule has 0 bridgehead atoms. The summed E-state index contributed by atoms with van der Waals surface area (Å²) in [6.07, 6.45) is 3.03. The van der Waals surface area contributed by atoms with Crippen molar-refractivity contribution in [2.24, 2.45) is 0 Å². The number of carbonyl (C=O) groups excluding carboxylic acids is 1. The van der Waals surface area contributed by atoms with Gasteiger partial charge in [0, 0.05) is 12.4 Å². The van der Waals surface area contributed by atoms with Crippen molar-refractivity contribution < 1.29 is 19.1 Å². The van der Waals surface area contributed by atoms with Gasteiger partial charge in [0.25, 0.3) is 0 Å². The summed E-state index contributed by atoms with van der Waals surface area (Å²) in [5.74, 6) is -1.31. The maximum Gasteiger partial charge on any atom is 0.371 e. The Morgan fingerprint density at radius 2 is 2.05 bits per heavy atom. The van der Waals surface area contributed by atoms with E-state index in [9.17, 15) is 9.59 Å². The average molecular weight is 279 g/mol. The fraction of sp³-hybridized carbons (Fsp3) is 0.0909. The number of thioether (sulfide) groups is 1. The zero-order valence-corrected chi connectivity index (χ0v) is 10.4. The van der Waals surface area contributed by atoms with E-state index < -0.39 is 5.97 Å². The molecular formula is C11H9N3O4S. The highest BCUT2D eigenvalue weighted by Crippen LogP contribution is 2.20. The number of carbonyl (C=O) groups is 2. The van der Waals surface area contributed by atoms with Crippen molar-refractivity contribution >= 4 is 29.6 Å². The van der Waals surface area contributed by atoms with E-state index in [-0.39, 0.29) is 23.4 Å². The van der Waals surface area contributed by atoms with Crippen LogP contribution in [0.4, 0.5) is 5.95 Å². The van der Waals surface area contributed by atoms with Gasteiger partial charge < -0.3 is 9.52 Å². The van der Waals surface area contributed by atoms with Gasteiger partial charge in [-0.1, -0.05) is 11.8 Å². The molecule has 1 amide bonds. The predicted octanol–water partition coefficient (Wildman–Crippen LogP) is 1.50. The molecule has 19 heavy (non-hydrogen) atoms. The summed E-state index contributed by atoms with van der Waals surface area (Å²) in [5.41, 5.74) is 0. The molecular weight excluding hydrogens is 270 g/mol. The van der Waals surface area contributed by atoms with E-state index in [2.05, 4.69) is 15.3 Å². The minimum Gasteiger partial charge on any atom is -0.475 e. The molecule has 2 rings (SSSR count). The quantitative estimate of drug-likeness (QED) is 0.799. The molecule has 0 saturated carbocycles. The number of amides is 1. The molecule has 0 unspecified atom stereocenters. The molecule has 0 fully saturated rings. The molecule has 2 aromatic heterocycles. The van der Waals surface area contributed by atoms with Crippen molar-refractivity contribution in [1.82, 2.24) is 9.97 Å². The second kappa shape index (κ2) is 6.01. The standard InChI is InChI=1S/C11H9N3O4S/c15-8(14-11-12-4-1-5-13-11)6-19-9-3-2-7(18-9)10(16)17/h1-5H,6H2,(H,16,17)(H,12,13,14,15). The van der Waals surface area contributed by atoms with Gasteiger partial charge >= 0.3 is 5.97 Å². The number of furan rings is 1. The van der Waals surface area contributed by atoms with Crippen molar-refractivity contribution in [2.75, 3.05) is 11.1 Å². The molecule has 2 heterocycles. The van der Waals surface area contributed by atoms with Crippen molar-refractivity contribution in [1.29, 1.82) is 0 Å². The molecule has 0 saturated heterocycles. The van der Waals surface area contributed by atoms with E-state index in [0.29, 0.717) is 5.09 Å². The van der Waals surface area contributed by atoms with Crippen LogP contribution in [-0.2, 0) is 4.79 Å². The molecule has 2 N–H and O–H groups in total. The van der Waals surface area contributed by atoms with Crippen LogP contribution in [-0.4, -0.2) is 32.7 Å². The third kappa shape index (κ3) is 3.81. The maximum atomic E-state index is 11.6. The molecule has 7 nitrogen and oxygen atoms in total. The largest absolute Gasteiger partial charge is 0.475 e. The van der Waals surface area contributed by atoms with Crippen LogP contribution < -0.4 is 5.32 Å². The summed E-state index contributed by atoms with van der Waals surface area (Å²) in [4.78, 5) is 29.8. The number of carboxylic acid groups (broad SMARTS) is 1. The maximum absolute atomic E-state index is 11.6. The highest BCUT2D eigenvalue weighted by Gasteiger charge is 2.11. The second-order valence-corrected chi connectivity index (χ2v) is 4.31. The Kier molecular flexibility index (Phi) is 4.14. The molecule has 2 aromatic rings. The molecule has 0 spiro atoms. The number of rotatable bonds is 5. The molecule has 0 aliphatic rings. The van der Waals surface area contributed by atoms with E-state index in [0.717, 1.165) is 11.8 Å². The highest BCUT2D eigenvalue weighted by molar-refractivity contribution is 7.99. The van der Waals surface area contributed by atoms with Crippen molar-refractivity contribution in [3.8, 4) is 0 Å². The Bertz CT molecular complexity index is 585. The fourth-order valence-electron chi connectivity index (χ4n) is 1.17. The summed E-state index contributed by atoms with van der Waals surface area (Å²) in [7, 11) is 0. The summed E-state index contributed by atoms with van der Waals surface area (Å²) < 4.78 is 5.00. The lowest BCUT2D eigenvalue weighted by Crippen LogP contribution is -2.15. The lowest BCUT2D eigenvalue weighted by Gasteiger charge is -2.01. The zero-order valence-electron chi connectivity index (χ0n) is 9.57. The molecule has 0 aromatic carbocycles. The zero-order chi connectivity index (χ0) is 13.7. The van der Waals surface area contributed by atoms with Crippen LogP contribution in [0.3, 0.4) is 0 Å². The lowest BCUT2D eigenvalue weighted by molar-refractivity contribution is -0.113. The molecule has 98 valence electrons. The van der Waals surface area contributed by atoms with Gasteiger partial charge in [-0.05, 0) is 18.2 Å². The normalized spacial score (nSPS) is 10.1. The molecule has 0 radical (unpaired) electrons. The second-order valence-electron chi connectivity index (χ2n) is 3.33. The first-order valence-electron chi connectivity index (χ1n) is 5.18. The smallest absolute Gasteiger partial charge is 0.371 e. The van der Waals surface area contributed by atoms with Gasteiger partial charge in [0.15, 0.2) is 5.09 Å². The van der Waals surface area contributed by atoms with Crippen LogP contribution in [0.25, 0.3) is 0 Å². The Balaban J connectivity index is 1.84. The number of hydrogen-bond donors (Lipinski definition) is 2. The topological polar surface area (TPSA) is 105 Å². The van der Waals surface area contributed by atoms with Crippen molar-refractivity contribution in [3.05, 3.63) is 36.4 Å². The van der Waals surface area contributed by atoms with Crippen LogP contribution in [0.15, 0.2) is 40.1 Å². The SMILES string of the molecule is O=C(CSc1ccc(C(=O)O)o1)Nc1ncccn1. The number of aromatic carboxylic acids is 1. The Morgan fingerprint density at radius 3 is 2.68 bits per heavy atom. The minimum atomic E-state index is -1.14. The monoisotopic (exact) mass is 279 g/mol. The molecule has 8 heteroatoms. The Morgan fingerprint density at radius 1 is 1.32 bits per heavy atom. The predicted molar refractivity (Wildman–Crippen MR) is 67.1 cm³/mol. The van der Waals surface area contributed by atoms with Gasteiger partial charge in [0.1, 0.15) is 0 Å². The fourth-order valence-corrected chi connectivity index (χ4v) is 1.83. The first kappa shape index (κ1) is 13.1. The van der Waals surface area contributed by atoms with Gasteiger partial charge in [-0.3, -0.25) is 10.1 Å². The lowest BCUT2D eigenvalue weighted by atomic mass is 10.5. The van der Waals surface area contributed by atoms with Gasteiger partial charge in [0.05, 0.1) is 5.75 Å². The van der Waals surface area contributed by atoms with E-state index in [4.69, 9.17) is 9.52 Å². The summed E-state index contributed by atoms with van der Waals surface area (Å²) in [6.45, 7) is 0. The van der Waals surface area contributed by atoms with E-state index in [1.807, 2.05) is 0 Å². The number of hydrogen-bond acceptors (Lipinski definition) is 6. The first-order chi connectivity index (χ1) is 9.15. The number of anilines is 1. The molecule has 0 atom stereocenters. The Hall–Kier alpha value is -2.35. The first-order valence-corrected chi connectivity index (χ1v) is 6.16. The van der Waals surface area contributed by atoms with E-state index >= 15 is 0 Å². The van der Waals surface area contributed by atoms with E-state index in [1.54, 1.807) is 6.07 Å². The third-order valence-corrected chi connectivity index (χ3v) is 2.87. The summed E-state index contributed by atoms with van der Waals surface area (Å²) >= 11 is 1.09.